The van der Waals surface area contributed by atoms with E-state index in [-0.39, 0.29) is 5.91 Å². The molecule has 0 unspecified atom stereocenters. The zero-order chi connectivity index (χ0) is 19.5. The molecule has 6 heteroatoms. The third-order valence-electron chi connectivity index (χ3n) is 5.22. The molecule has 3 heterocycles. The summed E-state index contributed by atoms with van der Waals surface area (Å²) in [4.78, 5) is 23.7. The van der Waals surface area contributed by atoms with E-state index >= 15 is 0 Å². The molecule has 1 aromatic heterocycles. The Labute approximate surface area is 166 Å². The first-order valence-corrected chi connectivity index (χ1v) is 9.58. The van der Waals surface area contributed by atoms with Gasteiger partial charge in [-0.2, -0.15) is 0 Å². The minimum atomic E-state index is 0.153. The van der Waals surface area contributed by atoms with Gasteiger partial charge in [0.15, 0.2) is 0 Å². The van der Waals surface area contributed by atoms with Gasteiger partial charge < -0.3 is 9.80 Å². The van der Waals surface area contributed by atoms with Crippen LogP contribution < -0.4 is 0 Å². The van der Waals surface area contributed by atoms with Crippen LogP contribution in [0.4, 0.5) is 0 Å². The topological polar surface area (TPSA) is 44.6 Å². The maximum absolute atomic E-state index is 13.1. The molecule has 1 amide bonds. The maximum atomic E-state index is 13.1. The van der Waals surface area contributed by atoms with Gasteiger partial charge in [0.1, 0.15) is 6.33 Å². The number of hydrogen-bond donors (Lipinski definition) is 0. The number of rotatable bonds is 3. The van der Waals surface area contributed by atoms with Crippen molar-refractivity contribution in [2.45, 2.75) is 19.9 Å². The number of carbonyl (C=O) groups excluding carboxylic acids is 1. The van der Waals surface area contributed by atoms with Crippen molar-refractivity contribution >= 4 is 5.91 Å². The molecule has 2 aliphatic rings. The summed E-state index contributed by atoms with van der Waals surface area (Å²) < 4.78 is 1.78. The molecule has 0 fully saturated rings. The van der Waals surface area contributed by atoms with Crippen molar-refractivity contribution in [3.8, 4) is 12.0 Å². The van der Waals surface area contributed by atoms with Gasteiger partial charge in [0.05, 0.1) is 24.5 Å². The van der Waals surface area contributed by atoms with Crippen LogP contribution >= 0.6 is 0 Å². The van der Waals surface area contributed by atoms with Crippen molar-refractivity contribution in [1.82, 2.24) is 24.3 Å². The van der Waals surface area contributed by atoms with E-state index in [1.807, 2.05) is 36.2 Å². The Bertz CT molecular complexity index is 950. The molecule has 0 radical (unpaired) electrons. The van der Waals surface area contributed by atoms with Crippen molar-refractivity contribution in [3.05, 3.63) is 65.4 Å². The van der Waals surface area contributed by atoms with Crippen LogP contribution in [0.1, 0.15) is 17.7 Å². The predicted molar refractivity (Wildman–Crippen MR) is 108 cm³/mol. The van der Waals surface area contributed by atoms with E-state index in [1.165, 1.54) is 5.70 Å². The highest BCUT2D eigenvalue weighted by Gasteiger charge is 2.33. The van der Waals surface area contributed by atoms with E-state index in [0.29, 0.717) is 26.3 Å². The first kappa shape index (κ1) is 18.3. The Hall–Kier alpha value is -3.04. The third-order valence-corrected chi connectivity index (χ3v) is 5.22. The fourth-order valence-electron chi connectivity index (χ4n) is 3.80. The van der Waals surface area contributed by atoms with Crippen LogP contribution in [0, 0.1) is 18.9 Å². The van der Waals surface area contributed by atoms with Gasteiger partial charge >= 0.3 is 0 Å². The van der Waals surface area contributed by atoms with E-state index in [4.69, 9.17) is 0 Å². The van der Waals surface area contributed by atoms with Crippen LogP contribution in [0.3, 0.4) is 0 Å². The van der Waals surface area contributed by atoms with Crippen molar-refractivity contribution in [2.24, 2.45) is 0 Å². The largest absolute Gasteiger partial charge is 0.360 e. The lowest BCUT2D eigenvalue weighted by molar-refractivity contribution is -0.131. The number of aryl methyl sites for hydroxylation is 1. The first-order chi connectivity index (χ1) is 13.6. The zero-order valence-electron chi connectivity index (χ0n) is 16.4. The summed E-state index contributed by atoms with van der Waals surface area (Å²) in [5, 5.41) is 0. The molecule has 1 aromatic carbocycles. The van der Waals surface area contributed by atoms with Crippen molar-refractivity contribution in [1.29, 1.82) is 0 Å². The summed E-state index contributed by atoms with van der Waals surface area (Å²) in [5.41, 5.74) is 4.21. The molecule has 6 nitrogen and oxygen atoms in total. The number of aromatic nitrogens is 2. The Morgan fingerprint density at radius 3 is 2.79 bits per heavy atom. The fraction of sp³-hybridized carbons (Fsp3) is 0.364. The first-order valence-electron chi connectivity index (χ1n) is 9.58. The second-order valence-electron chi connectivity index (χ2n) is 7.42. The number of amides is 1. The van der Waals surface area contributed by atoms with Gasteiger partial charge in [0, 0.05) is 51.0 Å². The highest BCUT2D eigenvalue weighted by atomic mass is 16.2. The summed E-state index contributed by atoms with van der Waals surface area (Å²) in [6.07, 6.45) is 4.52. The average Bonchev–Trinajstić information content (AvgIpc) is 3.12. The van der Waals surface area contributed by atoms with Gasteiger partial charge in [-0.15, -0.1) is 0 Å². The fourth-order valence-corrected chi connectivity index (χ4v) is 3.80. The van der Waals surface area contributed by atoms with Crippen LogP contribution in [0.15, 0.2) is 54.1 Å². The minimum Gasteiger partial charge on any atom is -0.360 e. The number of hydrogen-bond acceptors (Lipinski definition) is 4. The molecule has 0 atom stereocenters. The van der Waals surface area contributed by atoms with E-state index in [9.17, 15) is 4.79 Å². The summed E-state index contributed by atoms with van der Waals surface area (Å²) in [6.45, 7) is 5.45. The van der Waals surface area contributed by atoms with Gasteiger partial charge in [0.25, 0.3) is 5.91 Å². The Morgan fingerprint density at radius 2 is 2.04 bits per heavy atom. The van der Waals surface area contributed by atoms with Gasteiger partial charge in [-0.25, -0.2) is 4.98 Å². The van der Waals surface area contributed by atoms with Gasteiger partial charge in [-0.3, -0.25) is 14.3 Å². The molecule has 144 valence electrons. The molecule has 0 spiro atoms. The monoisotopic (exact) mass is 375 g/mol. The number of carbonyl (C=O) groups is 1. The molecule has 2 aliphatic heterocycles. The highest BCUT2D eigenvalue weighted by molar-refractivity contribution is 5.95. The molecular weight excluding hydrogens is 350 g/mol. The molecule has 4 rings (SSSR count). The molecule has 0 saturated carbocycles. The van der Waals surface area contributed by atoms with Crippen molar-refractivity contribution in [2.75, 3.05) is 33.4 Å². The lowest BCUT2D eigenvalue weighted by Crippen LogP contribution is -2.50. The summed E-state index contributed by atoms with van der Waals surface area (Å²) in [5.74, 6) is 3.35. The van der Waals surface area contributed by atoms with Crippen LogP contribution in [0.25, 0.3) is 0 Å². The van der Waals surface area contributed by atoms with Crippen molar-refractivity contribution < 1.29 is 4.79 Å². The summed E-state index contributed by atoms with van der Waals surface area (Å²) >= 11 is 0. The number of imidazole rings is 1. The normalized spacial score (nSPS) is 17.4. The standard InChI is InChI=1S/C22H25N5O/c1-18-13-26(16-23-18)11-6-10-25-12-9-21-20(15-25)22(28)27(17-24(21)2)14-19-7-4-3-5-8-19/h3-5,7-8,13,16H,9-10,12,14-15,17H2,1-2H3. The molecule has 0 N–H and O–H groups in total. The smallest absolute Gasteiger partial charge is 0.254 e. The Morgan fingerprint density at radius 1 is 1.21 bits per heavy atom. The summed E-state index contributed by atoms with van der Waals surface area (Å²) in [7, 11) is 2.08. The summed E-state index contributed by atoms with van der Waals surface area (Å²) in [6, 6.07) is 13.3. The lowest BCUT2D eigenvalue weighted by Gasteiger charge is -2.42. The molecule has 0 aliphatic carbocycles. The molecule has 0 saturated heterocycles. The van der Waals surface area contributed by atoms with Crippen LogP contribution in [-0.4, -0.2) is 63.5 Å². The quantitative estimate of drug-likeness (QED) is 0.769. The Kier molecular flexibility index (Phi) is 5.18. The SMILES string of the molecule is Cc1cn(C#CCN2CCC3=C(C2)C(=O)N(Cc2ccccc2)CN3C)cn1. The second-order valence-corrected chi connectivity index (χ2v) is 7.42. The van der Waals surface area contributed by atoms with E-state index in [0.717, 1.165) is 29.8 Å². The number of nitrogens with zero attached hydrogens (tertiary/aromatic N) is 5. The minimum absolute atomic E-state index is 0.153. The van der Waals surface area contributed by atoms with E-state index in [1.54, 1.807) is 10.9 Å². The zero-order valence-corrected chi connectivity index (χ0v) is 16.4. The molecular formula is C22H25N5O. The maximum Gasteiger partial charge on any atom is 0.254 e. The molecule has 0 bridgehead atoms. The predicted octanol–water partition coefficient (Wildman–Crippen LogP) is 1.89. The highest BCUT2D eigenvalue weighted by Crippen LogP contribution is 2.27. The van der Waals surface area contributed by atoms with Gasteiger partial charge in [-0.1, -0.05) is 36.3 Å². The van der Waals surface area contributed by atoms with Crippen LogP contribution in [0.5, 0.6) is 0 Å². The number of benzene rings is 1. The molecule has 2 aromatic rings. The van der Waals surface area contributed by atoms with Crippen LogP contribution in [-0.2, 0) is 11.3 Å². The van der Waals surface area contributed by atoms with Gasteiger partial charge in [0.2, 0.25) is 0 Å². The van der Waals surface area contributed by atoms with Crippen molar-refractivity contribution in [3.63, 3.8) is 0 Å². The molecule has 28 heavy (non-hydrogen) atoms. The third kappa shape index (κ3) is 3.95. The lowest BCUT2D eigenvalue weighted by atomic mass is 10.0. The second kappa shape index (κ2) is 7.91. The van der Waals surface area contributed by atoms with E-state index in [2.05, 4.69) is 45.9 Å². The van der Waals surface area contributed by atoms with Gasteiger partial charge in [-0.05, 0) is 12.5 Å². The van der Waals surface area contributed by atoms with Crippen LogP contribution in [0.2, 0.25) is 0 Å². The average molecular weight is 375 g/mol. The van der Waals surface area contributed by atoms with E-state index < -0.39 is 0 Å². The Balaban J connectivity index is 1.44.